The van der Waals surface area contributed by atoms with Crippen molar-refractivity contribution >= 4 is 0 Å². The number of hydrogen-bond donors (Lipinski definition) is 0. The molecule has 0 aromatic heterocycles. The standard InChI is InChI=1S/C13H26/c1-5-7-12(8-6-2)11(4)13-9-10(13)3/h10-13H,5-9H2,1-4H3. The van der Waals surface area contributed by atoms with Crippen LogP contribution in [0, 0.1) is 23.7 Å². The molecule has 0 saturated heterocycles. The topological polar surface area (TPSA) is 0 Å². The van der Waals surface area contributed by atoms with Gasteiger partial charge in [0.05, 0.1) is 0 Å². The molecular weight excluding hydrogens is 156 g/mol. The minimum Gasteiger partial charge on any atom is -0.0654 e. The molecule has 0 aromatic carbocycles. The first kappa shape index (κ1) is 11.1. The minimum absolute atomic E-state index is 0.995. The van der Waals surface area contributed by atoms with Crippen LogP contribution in [-0.4, -0.2) is 0 Å². The van der Waals surface area contributed by atoms with Crippen molar-refractivity contribution in [3.05, 3.63) is 0 Å². The Bertz CT molecular complexity index is 133. The van der Waals surface area contributed by atoms with Gasteiger partial charge < -0.3 is 0 Å². The first-order valence-electron chi connectivity index (χ1n) is 6.20. The lowest BCUT2D eigenvalue weighted by Gasteiger charge is -2.23. The highest BCUT2D eigenvalue weighted by molar-refractivity contribution is 4.89. The van der Waals surface area contributed by atoms with Crippen molar-refractivity contribution in [2.45, 2.75) is 59.8 Å². The van der Waals surface area contributed by atoms with E-state index < -0.39 is 0 Å². The van der Waals surface area contributed by atoms with Crippen LogP contribution in [0.15, 0.2) is 0 Å². The van der Waals surface area contributed by atoms with E-state index >= 15 is 0 Å². The van der Waals surface area contributed by atoms with E-state index in [1.54, 1.807) is 0 Å². The lowest BCUT2D eigenvalue weighted by molar-refractivity contribution is 0.272. The maximum atomic E-state index is 2.49. The summed E-state index contributed by atoms with van der Waals surface area (Å²) in [6.07, 6.45) is 7.16. The van der Waals surface area contributed by atoms with Crippen molar-refractivity contribution in [2.75, 3.05) is 0 Å². The normalized spacial score (nSPS) is 29.3. The molecule has 1 fully saturated rings. The molecule has 1 saturated carbocycles. The quantitative estimate of drug-likeness (QED) is 0.567. The summed E-state index contributed by atoms with van der Waals surface area (Å²) in [6.45, 7) is 9.55. The Morgan fingerprint density at radius 2 is 1.62 bits per heavy atom. The zero-order chi connectivity index (χ0) is 9.84. The third-order valence-corrected chi connectivity index (χ3v) is 3.91. The van der Waals surface area contributed by atoms with Crippen LogP contribution < -0.4 is 0 Å². The third-order valence-electron chi connectivity index (χ3n) is 3.91. The van der Waals surface area contributed by atoms with Crippen LogP contribution in [0.2, 0.25) is 0 Å². The molecule has 0 nitrogen and oxygen atoms in total. The predicted octanol–water partition coefficient (Wildman–Crippen LogP) is 4.49. The molecule has 1 aliphatic rings. The van der Waals surface area contributed by atoms with Crippen molar-refractivity contribution in [1.82, 2.24) is 0 Å². The van der Waals surface area contributed by atoms with E-state index in [1.165, 1.54) is 32.1 Å². The molecule has 0 amide bonds. The lowest BCUT2D eigenvalue weighted by Crippen LogP contribution is -2.14. The molecule has 0 radical (unpaired) electrons. The molecule has 3 atom stereocenters. The molecule has 0 bridgehead atoms. The molecule has 0 heteroatoms. The van der Waals surface area contributed by atoms with E-state index in [1.807, 2.05) is 0 Å². The van der Waals surface area contributed by atoms with Gasteiger partial charge >= 0.3 is 0 Å². The summed E-state index contributed by atoms with van der Waals surface area (Å²) in [4.78, 5) is 0. The Hall–Kier alpha value is 0. The van der Waals surface area contributed by atoms with E-state index in [0.717, 1.165) is 23.7 Å². The van der Waals surface area contributed by atoms with Gasteiger partial charge in [-0.2, -0.15) is 0 Å². The molecule has 13 heavy (non-hydrogen) atoms. The van der Waals surface area contributed by atoms with Crippen LogP contribution in [0.5, 0.6) is 0 Å². The predicted molar refractivity (Wildman–Crippen MR) is 59.7 cm³/mol. The Kier molecular flexibility index (Phi) is 4.28. The smallest absolute Gasteiger partial charge is 0.0357 e. The fraction of sp³-hybridized carbons (Fsp3) is 1.00. The Morgan fingerprint density at radius 3 is 1.92 bits per heavy atom. The molecule has 0 heterocycles. The fourth-order valence-electron chi connectivity index (χ4n) is 2.84. The van der Waals surface area contributed by atoms with Crippen molar-refractivity contribution in [1.29, 1.82) is 0 Å². The van der Waals surface area contributed by atoms with Gasteiger partial charge in [-0.05, 0) is 30.1 Å². The molecule has 0 spiro atoms. The van der Waals surface area contributed by atoms with Gasteiger partial charge in [-0.25, -0.2) is 0 Å². The summed E-state index contributed by atoms with van der Waals surface area (Å²) < 4.78 is 0. The lowest BCUT2D eigenvalue weighted by atomic mass is 9.83. The summed E-state index contributed by atoms with van der Waals surface area (Å²) in [5.41, 5.74) is 0. The second-order valence-electron chi connectivity index (χ2n) is 5.07. The van der Waals surface area contributed by atoms with Crippen LogP contribution in [0.4, 0.5) is 0 Å². The highest BCUT2D eigenvalue weighted by atomic mass is 14.4. The number of hydrogen-bond acceptors (Lipinski definition) is 0. The van der Waals surface area contributed by atoms with Gasteiger partial charge in [0.15, 0.2) is 0 Å². The summed E-state index contributed by atoms with van der Waals surface area (Å²) in [6, 6.07) is 0. The van der Waals surface area contributed by atoms with Gasteiger partial charge in [0.1, 0.15) is 0 Å². The molecule has 1 rings (SSSR count). The van der Waals surface area contributed by atoms with Gasteiger partial charge in [0, 0.05) is 0 Å². The van der Waals surface area contributed by atoms with Gasteiger partial charge in [-0.3, -0.25) is 0 Å². The average molecular weight is 182 g/mol. The Balaban J connectivity index is 2.33. The van der Waals surface area contributed by atoms with Crippen LogP contribution in [0.3, 0.4) is 0 Å². The molecule has 1 aliphatic carbocycles. The van der Waals surface area contributed by atoms with Crippen LogP contribution in [0.25, 0.3) is 0 Å². The van der Waals surface area contributed by atoms with Crippen LogP contribution >= 0.6 is 0 Å². The first-order chi connectivity index (χ1) is 6.20. The summed E-state index contributed by atoms with van der Waals surface area (Å²) >= 11 is 0. The molecule has 3 unspecified atom stereocenters. The van der Waals surface area contributed by atoms with Gasteiger partial charge in [0.25, 0.3) is 0 Å². The zero-order valence-corrected chi connectivity index (χ0v) is 9.84. The van der Waals surface area contributed by atoms with E-state index in [0.29, 0.717) is 0 Å². The highest BCUT2D eigenvalue weighted by Gasteiger charge is 2.39. The second-order valence-corrected chi connectivity index (χ2v) is 5.07. The molecule has 0 aromatic rings. The van der Waals surface area contributed by atoms with Crippen molar-refractivity contribution in [3.8, 4) is 0 Å². The van der Waals surface area contributed by atoms with Crippen LogP contribution in [-0.2, 0) is 0 Å². The third kappa shape index (κ3) is 3.00. The largest absolute Gasteiger partial charge is 0.0654 e. The van der Waals surface area contributed by atoms with E-state index in [-0.39, 0.29) is 0 Å². The van der Waals surface area contributed by atoms with Gasteiger partial charge in [-0.15, -0.1) is 0 Å². The Labute approximate surface area is 84.1 Å². The summed E-state index contributed by atoms with van der Waals surface area (Å²) in [5.74, 6) is 4.12. The maximum absolute atomic E-state index is 2.49. The highest BCUT2D eigenvalue weighted by Crippen LogP contribution is 2.47. The van der Waals surface area contributed by atoms with E-state index in [9.17, 15) is 0 Å². The fourth-order valence-corrected chi connectivity index (χ4v) is 2.84. The second kappa shape index (κ2) is 5.02. The van der Waals surface area contributed by atoms with Gasteiger partial charge in [0.2, 0.25) is 0 Å². The Morgan fingerprint density at radius 1 is 1.15 bits per heavy atom. The SMILES string of the molecule is CCCC(CCC)C(C)C1CC1C. The van der Waals surface area contributed by atoms with E-state index in [4.69, 9.17) is 0 Å². The molecule has 0 N–H and O–H groups in total. The van der Waals surface area contributed by atoms with Crippen molar-refractivity contribution < 1.29 is 0 Å². The monoisotopic (exact) mass is 182 g/mol. The van der Waals surface area contributed by atoms with Gasteiger partial charge in [-0.1, -0.05) is 53.4 Å². The first-order valence-corrected chi connectivity index (χ1v) is 6.20. The average Bonchev–Trinajstić information content (AvgIpc) is 2.81. The summed E-state index contributed by atoms with van der Waals surface area (Å²) in [7, 11) is 0. The van der Waals surface area contributed by atoms with Crippen molar-refractivity contribution in [3.63, 3.8) is 0 Å². The molecule has 0 aliphatic heterocycles. The van der Waals surface area contributed by atoms with Crippen LogP contribution in [0.1, 0.15) is 59.8 Å². The van der Waals surface area contributed by atoms with Crippen molar-refractivity contribution in [2.24, 2.45) is 23.7 Å². The molecule has 78 valence electrons. The maximum Gasteiger partial charge on any atom is -0.0357 e. The minimum atomic E-state index is 0.995. The van der Waals surface area contributed by atoms with E-state index in [2.05, 4.69) is 27.7 Å². The number of rotatable bonds is 6. The molecular formula is C13H26. The summed E-state index contributed by atoms with van der Waals surface area (Å²) in [5, 5.41) is 0. The zero-order valence-electron chi connectivity index (χ0n) is 9.84.